The molecule has 0 saturated heterocycles. The summed E-state index contributed by atoms with van der Waals surface area (Å²) in [4.78, 5) is 2.49. The zero-order valence-electron chi connectivity index (χ0n) is 11.5. The standard InChI is InChI=1S/C14H23N.Li/c1-5-9-15(10-6-2)14-8-7-12(3)11-13(14)4;/h7-8,11H,5-6,9-10H2,1-4H3;/q;+1. The number of hydrogen-bond donors (Lipinski definition) is 0. The van der Waals surface area contributed by atoms with E-state index in [0.29, 0.717) is 0 Å². The molecule has 0 unspecified atom stereocenters. The molecular weight excluding hydrogens is 189 g/mol. The minimum atomic E-state index is 0. The molecular formula is C14H23LiN+. The van der Waals surface area contributed by atoms with Gasteiger partial charge in [0.25, 0.3) is 0 Å². The summed E-state index contributed by atoms with van der Waals surface area (Å²) in [5.74, 6) is 0. The summed E-state index contributed by atoms with van der Waals surface area (Å²) in [6.07, 6.45) is 2.43. The van der Waals surface area contributed by atoms with Gasteiger partial charge < -0.3 is 4.90 Å². The molecule has 1 aromatic carbocycles. The first-order chi connectivity index (χ1) is 7.19. The zero-order chi connectivity index (χ0) is 11.3. The molecule has 0 N–H and O–H groups in total. The van der Waals surface area contributed by atoms with Crippen molar-refractivity contribution in [1.82, 2.24) is 0 Å². The third-order valence-electron chi connectivity index (χ3n) is 2.68. The summed E-state index contributed by atoms with van der Waals surface area (Å²) < 4.78 is 0. The van der Waals surface area contributed by atoms with Crippen LogP contribution in [0.3, 0.4) is 0 Å². The van der Waals surface area contributed by atoms with Crippen molar-refractivity contribution in [2.24, 2.45) is 0 Å². The quantitative estimate of drug-likeness (QED) is 0.656. The predicted octanol–water partition coefficient (Wildman–Crippen LogP) is 0.934. The van der Waals surface area contributed by atoms with Gasteiger partial charge >= 0.3 is 18.9 Å². The van der Waals surface area contributed by atoms with Gasteiger partial charge in [-0.25, -0.2) is 0 Å². The first-order valence-electron chi connectivity index (χ1n) is 6.01. The molecule has 0 bridgehead atoms. The zero-order valence-corrected chi connectivity index (χ0v) is 11.5. The fourth-order valence-corrected chi connectivity index (χ4v) is 2.05. The van der Waals surface area contributed by atoms with E-state index in [-0.39, 0.29) is 18.9 Å². The molecule has 0 aliphatic heterocycles. The van der Waals surface area contributed by atoms with E-state index in [4.69, 9.17) is 0 Å². The molecule has 0 saturated carbocycles. The van der Waals surface area contributed by atoms with Crippen molar-refractivity contribution in [2.75, 3.05) is 18.0 Å². The van der Waals surface area contributed by atoms with Crippen LogP contribution in [0, 0.1) is 13.8 Å². The monoisotopic (exact) mass is 212 g/mol. The Hall–Kier alpha value is -0.383. The van der Waals surface area contributed by atoms with Gasteiger partial charge in [-0.1, -0.05) is 31.5 Å². The van der Waals surface area contributed by atoms with Gasteiger partial charge in [0.1, 0.15) is 0 Å². The van der Waals surface area contributed by atoms with Crippen molar-refractivity contribution in [3.8, 4) is 0 Å². The molecule has 0 heterocycles. The van der Waals surface area contributed by atoms with Crippen LogP contribution in [0.15, 0.2) is 18.2 Å². The predicted molar refractivity (Wildman–Crippen MR) is 68.7 cm³/mol. The number of anilines is 1. The summed E-state index contributed by atoms with van der Waals surface area (Å²) in [6, 6.07) is 6.74. The minimum Gasteiger partial charge on any atom is -0.371 e. The maximum absolute atomic E-state index is 2.49. The molecule has 0 radical (unpaired) electrons. The number of hydrogen-bond acceptors (Lipinski definition) is 1. The van der Waals surface area contributed by atoms with Crippen LogP contribution >= 0.6 is 0 Å². The molecule has 84 valence electrons. The summed E-state index contributed by atoms with van der Waals surface area (Å²) in [5, 5.41) is 0. The fraction of sp³-hybridized carbons (Fsp3) is 0.571. The van der Waals surface area contributed by atoms with Gasteiger partial charge in [-0.15, -0.1) is 0 Å². The van der Waals surface area contributed by atoms with E-state index in [2.05, 4.69) is 50.8 Å². The van der Waals surface area contributed by atoms with Crippen molar-refractivity contribution < 1.29 is 18.9 Å². The van der Waals surface area contributed by atoms with E-state index in [1.807, 2.05) is 0 Å². The van der Waals surface area contributed by atoms with Crippen LogP contribution < -0.4 is 23.8 Å². The van der Waals surface area contributed by atoms with E-state index < -0.39 is 0 Å². The van der Waals surface area contributed by atoms with Crippen molar-refractivity contribution in [3.05, 3.63) is 29.3 Å². The average Bonchev–Trinajstić information content (AvgIpc) is 2.17. The van der Waals surface area contributed by atoms with Crippen molar-refractivity contribution in [2.45, 2.75) is 40.5 Å². The second-order valence-corrected chi connectivity index (χ2v) is 4.28. The van der Waals surface area contributed by atoms with Crippen LogP contribution in [0.5, 0.6) is 0 Å². The second-order valence-electron chi connectivity index (χ2n) is 4.28. The first kappa shape index (κ1) is 15.6. The topological polar surface area (TPSA) is 3.24 Å². The molecule has 0 fully saturated rings. The van der Waals surface area contributed by atoms with Crippen molar-refractivity contribution >= 4 is 5.69 Å². The number of benzene rings is 1. The Morgan fingerprint density at radius 2 is 1.56 bits per heavy atom. The summed E-state index contributed by atoms with van der Waals surface area (Å²) >= 11 is 0. The first-order valence-corrected chi connectivity index (χ1v) is 6.01. The molecule has 16 heavy (non-hydrogen) atoms. The Labute approximate surface area is 112 Å². The largest absolute Gasteiger partial charge is 1.00 e. The third-order valence-corrected chi connectivity index (χ3v) is 2.68. The van der Waals surface area contributed by atoms with Crippen LogP contribution in [0.4, 0.5) is 5.69 Å². The smallest absolute Gasteiger partial charge is 0.371 e. The van der Waals surface area contributed by atoms with Crippen LogP contribution in [0.2, 0.25) is 0 Å². The van der Waals surface area contributed by atoms with E-state index in [1.165, 1.54) is 29.7 Å². The van der Waals surface area contributed by atoms with Gasteiger partial charge in [0, 0.05) is 18.8 Å². The Morgan fingerprint density at radius 3 is 2.00 bits per heavy atom. The molecule has 0 amide bonds. The van der Waals surface area contributed by atoms with Crippen molar-refractivity contribution in [1.29, 1.82) is 0 Å². The molecule has 0 aromatic heterocycles. The molecule has 2 heteroatoms. The van der Waals surface area contributed by atoms with Crippen LogP contribution in [-0.4, -0.2) is 13.1 Å². The van der Waals surface area contributed by atoms with E-state index in [0.717, 1.165) is 13.1 Å². The summed E-state index contributed by atoms with van der Waals surface area (Å²) in [6.45, 7) is 11.2. The maximum atomic E-state index is 2.49. The van der Waals surface area contributed by atoms with Gasteiger partial charge in [-0.05, 0) is 38.3 Å². The van der Waals surface area contributed by atoms with E-state index >= 15 is 0 Å². The second kappa shape index (κ2) is 7.82. The molecule has 0 aliphatic carbocycles. The molecule has 0 spiro atoms. The third kappa shape index (κ3) is 4.24. The van der Waals surface area contributed by atoms with E-state index in [9.17, 15) is 0 Å². The van der Waals surface area contributed by atoms with Gasteiger partial charge in [-0.3, -0.25) is 0 Å². The minimum absolute atomic E-state index is 0. The van der Waals surface area contributed by atoms with Crippen LogP contribution in [-0.2, 0) is 0 Å². The SMILES string of the molecule is CCCN(CCC)c1ccc(C)cc1C.[Li+]. The Balaban J connectivity index is 0.00000225. The Kier molecular flexibility index (Phi) is 7.63. The molecule has 0 aliphatic rings. The van der Waals surface area contributed by atoms with Crippen LogP contribution in [0.25, 0.3) is 0 Å². The van der Waals surface area contributed by atoms with Crippen molar-refractivity contribution in [3.63, 3.8) is 0 Å². The van der Waals surface area contributed by atoms with Crippen LogP contribution in [0.1, 0.15) is 37.8 Å². The number of nitrogens with zero attached hydrogens (tertiary/aromatic N) is 1. The molecule has 1 nitrogen and oxygen atoms in total. The van der Waals surface area contributed by atoms with Gasteiger partial charge in [0.15, 0.2) is 0 Å². The summed E-state index contributed by atoms with van der Waals surface area (Å²) in [5.41, 5.74) is 4.16. The molecule has 0 atom stereocenters. The van der Waals surface area contributed by atoms with E-state index in [1.54, 1.807) is 0 Å². The average molecular weight is 212 g/mol. The molecule has 1 aromatic rings. The maximum Gasteiger partial charge on any atom is 1.00 e. The van der Waals surface area contributed by atoms with Gasteiger partial charge in [0.2, 0.25) is 0 Å². The fourth-order valence-electron chi connectivity index (χ4n) is 2.05. The number of aryl methyl sites for hydroxylation is 2. The van der Waals surface area contributed by atoms with Gasteiger partial charge in [-0.2, -0.15) is 0 Å². The summed E-state index contributed by atoms with van der Waals surface area (Å²) in [7, 11) is 0. The number of rotatable bonds is 5. The van der Waals surface area contributed by atoms with Gasteiger partial charge in [0.05, 0.1) is 0 Å². The Bertz CT molecular complexity index is 304. The molecule has 1 rings (SSSR count). The Morgan fingerprint density at radius 1 is 1.00 bits per heavy atom. The normalized spacial score (nSPS) is 9.75.